The molecule has 8 nitrogen and oxygen atoms in total. The lowest BCUT2D eigenvalue weighted by Gasteiger charge is -2.29. The van der Waals surface area contributed by atoms with Gasteiger partial charge in [0, 0.05) is 16.8 Å². The van der Waals surface area contributed by atoms with Crippen LogP contribution < -0.4 is 20.1 Å². The fraction of sp³-hybridized carbons (Fsp3) is 0.148. The molecule has 5 rings (SSSR count). The fourth-order valence-corrected chi connectivity index (χ4v) is 4.68. The average molecular weight is 536 g/mol. The zero-order valence-electron chi connectivity index (χ0n) is 20.3. The van der Waals surface area contributed by atoms with Gasteiger partial charge in [0.15, 0.2) is 5.82 Å². The van der Waals surface area contributed by atoms with E-state index in [1.165, 1.54) is 0 Å². The van der Waals surface area contributed by atoms with Crippen LogP contribution >= 0.6 is 23.2 Å². The zero-order valence-corrected chi connectivity index (χ0v) is 21.8. The van der Waals surface area contributed by atoms with Crippen molar-refractivity contribution in [1.82, 2.24) is 14.8 Å². The van der Waals surface area contributed by atoms with Crippen molar-refractivity contribution >= 4 is 40.7 Å². The molecule has 3 aromatic carbocycles. The standard InChI is InChI=1S/C27H23Cl2N5O3/c1-15-22(26(35)31-20-9-4-5-10-21(20)37-3)24(18-7-6-8-19(28)23(18)29)34-27(30-15)32-25(33-34)16-11-13-17(36-2)14-12-16/h4-14,24H,1-3H3,(H,31,35)(H,30,32,33). The van der Waals surface area contributed by atoms with Gasteiger partial charge in [0.25, 0.3) is 5.91 Å². The molecule has 0 saturated heterocycles. The van der Waals surface area contributed by atoms with Gasteiger partial charge in [-0.1, -0.05) is 47.5 Å². The number of carbonyl (C=O) groups excluding carboxylic acids is 1. The van der Waals surface area contributed by atoms with E-state index in [-0.39, 0.29) is 5.91 Å². The van der Waals surface area contributed by atoms with Crippen LogP contribution in [0.4, 0.5) is 11.6 Å². The van der Waals surface area contributed by atoms with Crippen molar-refractivity contribution in [2.24, 2.45) is 0 Å². The van der Waals surface area contributed by atoms with E-state index in [4.69, 9.17) is 42.8 Å². The fourth-order valence-electron chi connectivity index (χ4n) is 4.26. The Morgan fingerprint density at radius 3 is 2.49 bits per heavy atom. The topological polar surface area (TPSA) is 90.3 Å². The van der Waals surface area contributed by atoms with E-state index in [2.05, 4.69) is 10.6 Å². The van der Waals surface area contributed by atoms with E-state index in [0.717, 1.165) is 11.3 Å². The molecule has 0 saturated carbocycles. The van der Waals surface area contributed by atoms with Gasteiger partial charge in [-0.3, -0.25) is 4.79 Å². The molecule has 1 atom stereocenters. The van der Waals surface area contributed by atoms with Crippen LogP contribution in [0.5, 0.6) is 11.5 Å². The number of nitrogens with one attached hydrogen (secondary N) is 2. The Bertz CT molecular complexity index is 1510. The summed E-state index contributed by atoms with van der Waals surface area (Å²) < 4.78 is 12.3. The second-order valence-corrected chi connectivity index (χ2v) is 9.08. The zero-order chi connectivity index (χ0) is 26.1. The number of para-hydroxylation sites is 2. The van der Waals surface area contributed by atoms with E-state index >= 15 is 0 Å². The van der Waals surface area contributed by atoms with Gasteiger partial charge in [0.05, 0.1) is 35.5 Å². The van der Waals surface area contributed by atoms with E-state index in [1.54, 1.807) is 43.2 Å². The molecule has 1 aromatic heterocycles. The van der Waals surface area contributed by atoms with Gasteiger partial charge in [-0.25, -0.2) is 4.68 Å². The van der Waals surface area contributed by atoms with Gasteiger partial charge in [0.1, 0.15) is 17.5 Å². The summed E-state index contributed by atoms with van der Waals surface area (Å²) in [6, 6.07) is 19.2. The SMILES string of the molecule is COc1ccc(-c2nc3n(n2)C(c2cccc(Cl)c2Cl)C(C(=O)Nc2ccccc2OC)=C(C)N3)cc1. The first-order chi connectivity index (χ1) is 17.9. The minimum Gasteiger partial charge on any atom is -0.497 e. The van der Waals surface area contributed by atoms with E-state index in [0.29, 0.717) is 50.1 Å². The summed E-state index contributed by atoms with van der Waals surface area (Å²) in [4.78, 5) is 18.5. The lowest BCUT2D eigenvalue weighted by molar-refractivity contribution is -0.113. The van der Waals surface area contributed by atoms with Crippen molar-refractivity contribution in [3.05, 3.63) is 93.6 Å². The third-order valence-electron chi connectivity index (χ3n) is 6.08. The van der Waals surface area contributed by atoms with Crippen molar-refractivity contribution in [1.29, 1.82) is 0 Å². The molecule has 0 bridgehead atoms. The molecule has 1 unspecified atom stereocenters. The molecule has 0 fully saturated rings. The average Bonchev–Trinajstić information content (AvgIpc) is 3.33. The van der Waals surface area contributed by atoms with Crippen LogP contribution in [0.15, 0.2) is 78.0 Å². The maximum absolute atomic E-state index is 13.8. The van der Waals surface area contributed by atoms with Crippen molar-refractivity contribution in [2.45, 2.75) is 13.0 Å². The van der Waals surface area contributed by atoms with Crippen LogP contribution in [-0.2, 0) is 4.79 Å². The third kappa shape index (κ3) is 4.61. The molecule has 0 spiro atoms. The predicted octanol–water partition coefficient (Wildman–Crippen LogP) is 6.20. The molecule has 188 valence electrons. The number of anilines is 2. The molecular formula is C27H23Cl2N5O3. The molecule has 37 heavy (non-hydrogen) atoms. The van der Waals surface area contributed by atoms with Gasteiger partial charge in [-0.2, -0.15) is 4.98 Å². The Labute approximate surface area is 223 Å². The van der Waals surface area contributed by atoms with Crippen LogP contribution in [0, 0.1) is 0 Å². The third-order valence-corrected chi connectivity index (χ3v) is 6.91. The monoisotopic (exact) mass is 535 g/mol. The summed E-state index contributed by atoms with van der Waals surface area (Å²) in [5.41, 5.74) is 2.96. The molecule has 2 heterocycles. The Morgan fingerprint density at radius 2 is 1.76 bits per heavy atom. The Kier molecular flexibility index (Phi) is 6.78. The van der Waals surface area contributed by atoms with Crippen LogP contribution in [0.3, 0.4) is 0 Å². The molecular weight excluding hydrogens is 513 g/mol. The second kappa shape index (κ2) is 10.2. The highest BCUT2D eigenvalue weighted by molar-refractivity contribution is 6.42. The maximum atomic E-state index is 13.8. The van der Waals surface area contributed by atoms with E-state index in [1.807, 2.05) is 49.4 Å². The number of hydrogen-bond acceptors (Lipinski definition) is 6. The van der Waals surface area contributed by atoms with Crippen LogP contribution in [-0.4, -0.2) is 34.9 Å². The summed E-state index contributed by atoms with van der Waals surface area (Å²) in [6.07, 6.45) is 0. The molecule has 0 aliphatic carbocycles. The van der Waals surface area contributed by atoms with Crippen molar-refractivity contribution in [2.75, 3.05) is 24.9 Å². The van der Waals surface area contributed by atoms with E-state index < -0.39 is 6.04 Å². The number of halogens is 2. The summed E-state index contributed by atoms with van der Waals surface area (Å²) in [6.45, 7) is 1.81. The highest BCUT2D eigenvalue weighted by Crippen LogP contribution is 2.41. The van der Waals surface area contributed by atoms with E-state index in [9.17, 15) is 4.79 Å². The molecule has 4 aromatic rings. The number of ether oxygens (including phenoxy) is 2. The largest absolute Gasteiger partial charge is 0.497 e. The van der Waals surface area contributed by atoms with Gasteiger partial charge in [0.2, 0.25) is 5.95 Å². The lowest BCUT2D eigenvalue weighted by atomic mass is 9.95. The first kappa shape index (κ1) is 24.7. The number of benzene rings is 3. The Balaban J connectivity index is 1.62. The summed E-state index contributed by atoms with van der Waals surface area (Å²) in [5, 5.41) is 11.7. The summed E-state index contributed by atoms with van der Waals surface area (Å²) in [5.74, 6) is 1.87. The Morgan fingerprint density at radius 1 is 1.00 bits per heavy atom. The van der Waals surface area contributed by atoms with Crippen molar-refractivity contribution in [3.63, 3.8) is 0 Å². The van der Waals surface area contributed by atoms with Crippen LogP contribution in [0.2, 0.25) is 10.0 Å². The number of allylic oxidation sites excluding steroid dienone is 1. The molecule has 2 N–H and O–H groups in total. The maximum Gasteiger partial charge on any atom is 0.255 e. The van der Waals surface area contributed by atoms with Crippen molar-refractivity contribution < 1.29 is 14.3 Å². The van der Waals surface area contributed by atoms with Gasteiger partial charge in [-0.15, -0.1) is 5.10 Å². The molecule has 0 radical (unpaired) electrons. The number of carbonyl (C=O) groups is 1. The smallest absolute Gasteiger partial charge is 0.255 e. The Hall–Kier alpha value is -4.01. The number of amides is 1. The summed E-state index contributed by atoms with van der Waals surface area (Å²) in [7, 11) is 3.16. The van der Waals surface area contributed by atoms with Gasteiger partial charge < -0.3 is 20.1 Å². The number of aromatic nitrogens is 3. The minimum atomic E-state index is -0.698. The normalized spacial score (nSPS) is 14.6. The van der Waals surface area contributed by atoms with Gasteiger partial charge >= 0.3 is 0 Å². The number of hydrogen-bond donors (Lipinski definition) is 2. The number of methoxy groups -OCH3 is 2. The minimum absolute atomic E-state index is 0.332. The summed E-state index contributed by atoms with van der Waals surface area (Å²) >= 11 is 13.1. The lowest BCUT2D eigenvalue weighted by Crippen LogP contribution is -2.31. The molecule has 1 aliphatic rings. The number of rotatable bonds is 6. The highest BCUT2D eigenvalue weighted by Gasteiger charge is 2.36. The highest BCUT2D eigenvalue weighted by atomic mass is 35.5. The van der Waals surface area contributed by atoms with Crippen molar-refractivity contribution in [3.8, 4) is 22.9 Å². The first-order valence-electron chi connectivity index (χ1n) is 11.4. The quantitative estimate of drug-likeness (QED) is 0.305. The number of nitrogens with zero attached hydrogens (tertiary/aromatic N) is 3. The first-order valence-corrected chi connectivity index (χ1v) is 12.1. The molecule has 1 aliphatic heterocycles. The number of fused-ring (bicyclic) bond motifs is 1. The molecule has 10 heteroatoms. The van der Waals surface area contributed by atoms with Crippen LogP contribution in [0.25, 0.3) is 11.4 Å². The van der Waals surface area contributed by atoms with Gasteiger partial charge in [-0.05, 0) is 49.4 Å². The van der Waals surface area contributed by atoms with Crippen LogP contribution in [0.1, 0.15) is 18.5 Å². The molecule has 1 amide bonds. The second-order valence-electron chi connectivity index (χ2n) is 8.30. The predicted molar refractivity (Wildman–Crippen MR) is 145 cm³/mol.